The molecule has 0 spiro atoms. The number of hydrogen-bond acceptors (Lipinski definition) is 3. The van der Waals surface area contributed by atoms with Gasteiger partial charge in [-0.2, -0.15) is 0 Å². The van der Waals surface area contributed by atoms with Crippen LogP contribution in [-0.4, -0.2) is 30.5 Å². The number of thiocarbonyl (C=S) groups is 1. The lowest BCUT2D eigenvalue weighted by Gasteiger charge is -2.31. The fourth-order valence-electron chi connectivity index (χ4n) is 3.08. The van der Waals surface area contributed by atoms with E-state index in [4.69, 9.17) is 21.7 Å². The van der Waals surface area contributed by atoms with Crippen LogP contribution >= 0.6 is 12.2 Å². The van der Waals surface area contributed by atoms with Gasteiger partial charge in [0.25, 0.3) is 0 Å². The van der Waals surface area contributed by atoms with Gasteiger partial charge in [-0.05, 0) is 69.6 Å². The molecule has 5 heteroatoms. The Kier molecular flexibility index (Phi) is 6.66. The molecule has 0 radical (unpaired) electrons. The van der Waals surface area contributed by atoms with Crippen molar-refractivity contribution in [2.75, 3.05) is 19.0 Å². The second-order valence-corrected chi connectivity index (χ2v) is 6.91. The molecular formula is C18H28N2O2S. The third-order valence-electron chi connectivity index (χ3n) is 4.21. The van der Waals surface area contributed by atoms with Gasteiger partial charge in [0.1, 0.15) is 5.75 Å². The maximum Gasteiger partial charge on any atom is 0.171 e. The highest BCUT2D eigenvalue weighted by molar-refractivity contribution is 7.80. The quantitative estimate of drug-likeness (QED) is 0.734. The predicted octanol–water partition coefficient (Wildman–Crippen LogP) is 4.11. The number of ether oxygens (including phenoxy) is 2. The van der Waals surface area contributed by atoms with Gasteiger partial charge in [-0.3, -0.25) is 0 Å². The summed E-state index contributed by atoms with van der Waals surface area (Å²) in [5.74, 6) is 0.872. The van der Waals surface area contributed by atoms with E-state index in [9.17, 15) is 0 Å². The van der Waals surface area contributed by atoms with Crippen molar-refractivity contribution in [3.63, 3.8) is 0 Å². The molecule has 2 rings (SSSR count). The number of anilines is 1. The van der Waals surface area contributed by atoms with Crippen LogP contribution in [0.1, 0.15) is 46.0 Å². The highest BCUT2D eigenvalue weighted by Crippen LogP contribution is 2.32. The molecule has 0 atom stereocenters. The average Bonchev–Trinajstić information content (AvgIpc) is 2.95. The van der Waals surface area contributed by atoms with E-state index in [0.717, 1.165) is 37.3 Å². The van der Waals surface area contributed by atoms with E-state index in [2.05, 4.69) is 10.6 Å². The molecule has 128 valence electrons. The van der Waals surface area contributed by atoms with Crippen molar-refractivity contribution in [2.24, 2.45) is 0 Å². The molecule has 0 amide bonds. The predicted molar refractivity (Wildman–Crippen MR) is 99.3 cm³/mol. The highest BCUT2D eigenvalue weighted by Gasteiger charge is 2.33. The van der Waals surface area contributed by atoms with Crippen molar-refractivity contribution in [3.8, 4) is 5.75 Å². The molecule has 0 heterocycles. The van der Waals surface area contributed by atoms with Crippen LogP contribution in [-0.2, 0) is 4.74 Å². The van der Waals surface area contributed by atoms with Gasteiger partial charge in [0, 0.05) is 24.9 Å². The molecule has 1 saturated carbocycles. The maximum atomic E-state index is 5.65. The zero-order valence-corrected chi connectivity index (χ0v) is 15.2. The lowest BCUT2D eigenvalue weighted by molar-refractivity contribution is 0.163. The summed E-state index contributed by atoms with van der Waals surface area (Å²) in [4.78, 5) is 0. The minimum atomic E-state index is 0.0841. The Morgan fingerprint density at radius 2 is 1.87 bits per heavy atom. The van der Waals surface area contributed by atoms with Gasteiger partial charge in [0.15, 0.2) is 5.11 Å². The monoisotopic (exact) mass is 336 g/mol. The summed E-state index contributed by atoms with van der Waals surface area (Å²) in [6.07, 6.45) is 5.98. The molecule has 0 bridgehead atoms. The Morgan fingerprint density at radius 1 is 1.22 bits per heavy atom. The molecule has 0 aromatic heterocycles. The topological polar surface area (TPSA) is 42.5 Å². The first-order valence-corrected chi connectivity index (χ1v) is 8.79. The summed E-state index contributed by atoms with van der Waals surface area (Å²) < 4.78 is 10.9. The van der Waals surface area contributed by atoms with E-state index in [-0.39, 0.29) is 11.6 Å². The molecular weight excluding hydrogens is 308 g/mol. The van der Waals surface area contributed by atoms with Crippen LogP contribution in [0, 0.1) is 0 Å². The number of benzene rings is 1. The molecule has 23 heavy (non-hydrogen) atoms. The van der Waals surface area contributed by atoms with Gasteiger partial charge in [0.05, 0.1) is 6.10 Å². The van der Waals surface area contributed by atoms with E-state index in [1.165, 1.54) is 12.8 Å². The summed E-state index contributed by atoms with van der Waals surface area (Å²) in [6.45, 7) is 4.80. The largest absolute Gasteiger partial charge is 0.491 e. The van der Waals surface area contributed by atoms with E-state index in [0.29, 0.717) is 5.11 Å². The van der Waals surface area contributed by atoms with Gasteiger partial charge in [-0.1, -0.05) is 12.8 Å². The van der Waals surface area contributed by atoms with Crippen LogP contribution < -0.4 is 15.4 Å². The van der Waals surface area contributed by atoms with E-state index in [1.54, 1.807) is 7.11 Å². The van der Waals surface area contributed by atoms with Crippen molar-refractivity contribution in [2.45, 2.75) is 57.6 Å². The van der Waals surface area contributed by atoms with Gasteiger partial charge < -0.3 is 20.1 Å². The Morgan fingerprint density at radius 3 is 2.43 bits per heavy atom. The van der Waals surface area contributed by atoms with Crippen LogP contribution in [0.15, 0.2) is 24.3 Å². The van der Waals surface area contributed by atoms with Crippen molar-refractivity contribution in [1.82, 2.24) is 5.32 Å². The maximum absolute atomic E-state index is 5.65. The first-order chi connectivity index (χ1) is 11.0. The zero-order valence-electron chi connectivity index (χ0n) is 14.4. The summed E-state index contributed by atoms with van der Waals surface area (Å²) in [6, 6.07) is 7.90. The van der Waals surface area contributed by atoms with Crippen molar-refractivity contribution in [1.29, 1.82) is 0 Å². The van der Waals surface area contributed by atoms with Crippen LogP contribution in [0.25, 0.3) is 0 Å². The van der Waals surface area contributed by atoms with Crippen LogP contribution in [0.4, 0.5) is 5.69 Å². The van der Waals surface area contributed by atoms with Crippen LogP contribution in [0.3, 0.4) is 0 Å². The number of hydrogen-bond donors (Lipinski definition) is 2. The Bertz CT molecular complexity index is 496. The fourth-order valence-corrected chi connectivity index (χ4v) is 3.41. The Hall–Kier alpha value is -1.33. The molecule has 1 fully saturated rings. The van der Waals surface area contributed by atoms with E-state index < -0.39 is 0 Å². The van der Waals surface area contributed by atoms with E-state index in [1.807, 2.05) is 38.1 Å². The van der Waals surface area contributed by atoms with Gasteiger partial charge in [-0.15, -0.1) is 0 Å². The molecule has 1 aliphatic rings. The van der Waals surface area contributed by atoms with Crippen molar-refractivity contribution < 1.29 is 9.47 Å². The Balaban J connectivity index is 1.90. The summed E-state index contributed by atoms with van der Waals surface area (Å²) in [5, 5.41) is 7.49. The first kappa shape index (κ1) is 18.0. The molecule has 1 aliphatic carbocycles. The molecule has 4 nitrogen and oxygen atoms in total. The third-order valence-corrected chi connectivity index (χ3v) is 4.41. The zero-order chi connectivity index (χ0) is 16.7. The first-order valence-electron chi connectivity index (χ1n) is 8.38. The molecule has 2 N–H and O–H groups in total. The molecule has 0 saturated heterocycles. The minimum absolute atomic E-state index is 0.0841. The van der Waals surface area contributed by atoms with Gasteiger partial charge in [-0.25, -0.2) is 0 Å². The standard InChI is InChI=1S/C18H28N2O2S/c1-14(2)22-16-8-6-15(7-9-16)19-17(23)20-18(12-13-21-3)10-4-5-11-18/h6-9,14H,4-5,10-13H2,1-3H3,(H2,19,20,23). The highest BCUT2D eigenvalue weighted by atomic mass is 32.1. The molecule has 1 aromatic rings. The summed E-state index contributed by atoms with van der Waals surface area (Å²) >= 11 is 5.50. The van der Waals surface area contributed by atoms with Crippen LogP contribution in [0.2, 0.25) is 0 Å². The van der Waals surface area contributed by atoms with Crippen molar-refractivity contribution >= 4 is 23.0 Å². The molecule has 0 unspecified atom stereocenters. The molecule has 0 aliphatic heterocycles. The lowest BCUT2D eigenvalue weighted by Crippen LogP contribution is -2.48. The van der Waals surface area contributed by atoms with Crippen LogP contribution in [0.5, 0.6) is 5.75 Å². The fraction of sp³-hybridized carbons (Fsp3) is 0.611. The number of methoxy groups -OCH3 is 1. The summed E-state index contributed by atoms with van der Waals surface area (Å²) in [5.41, 5.74) is 1.05. The van der Waals surface area contributed by atoms with Crippen molar-refractivity contribution in [3.05, 3.63) is 24.3 Å². The second kappa shape index (κ2) is 8.50. The SMILES string of the molecule is COCCC1(NC(=S)Nc2ccc(OC(C)C)cc2)CCCC1. The number of rotatable bonds is 7. The lowest BCUT2D eigenvalue weighted by atomic mass is 9.94. The number of nitrogens with one attached hydrogen (secondary N) is 2. The molecule has 1 aromatic carbocycles. The van der Waals surface area contributed by atoms with E-state index >= 15 is 0 Å². The normalized spacial score (nSPS) is 16.3. The summed E-state index contributed by atoms with van der Waals surface area (Å²) in [7, 11) is 1.75. The minimum Gasteiger partial charge on any atom is -0.491 e. The van der Waals surface area contributed by atoms with Gasteiger partial charge in [0.2, 0.25) is 0 Å². The second-order valence-electron chi connectivity index (χ2n) is 6.50. The average molecular weight is 337 g/mol. The van der Waals surface area contributed by atoms with Gasteiger partial charge >= 0.3 is 0 Å². The smallest absolute Gasteiger partial charge is 0.171 e. The Labute approximate surface area is 144 Å². The third kappa shape index (κ3) is 5.66.